The Kier molecular flexibility index (Phi) is 5.96. The maximum Gasteiger partial charge on any atom is 0.343 e. The minimum atomic E-state index is -1.11. The molecule has 28 heavy (non-hydrogen) atoms. The van der Waals surface area contributed by atoms with Gasteiger partial charge < -0.3 is 15.2 Å². The average Bonchev–Trinajstić information content (AvgIpc) is 2.74. The highest BCUT2D eigenvalue weighted by atomic mass is 35.5. The van der Waals surface area contributed by atoms with Crippen molar-refractivity contribution in [1.82, 2.24) is 0 Å². The molecular formula is C22H18ClNO4. The van der Waals surface area contributed by atoms with Crippen molar-refractivity contribution in [1.29, 1.82) is 0 Å². The zero-order valence-corrected chi connectivity index (χ0v) is 15.8. The SMILES string of the molecule is COc1cc(N)c(Cl)cc1C(=O)OC(C(=O)c1ccccc1)c1ccccc1. The molecule has 1 unspecified atom stereocenters. The van der Waals surface area contributed by atoms with Gasteiger partial charge in [-0.05, 0) is 6.07 Å². The number of hydrogen-bond donors (Lipinski definition) is 1. The zero-order valence-electron chi connectivity index (χ0n) is 15.1. The van der Waals surface area contributed by atoms with Gasteiger partial charge in [-0.3, -0.25) is 4.79 Å². The van der Waals surface area contributed by atoms with Gasteiger partial charge in [0.05, 0.1) is 17.8 Å². The van der Waals surface area contributed by atoms with E-state index in [2.05, 4.69) is 0 Å². The smallest absolute Gasteiger partial charge is 0.343 e. The number of ether oxygens (including phenoxy) is 2. The Bertz CT molecular complexity index is 990. The van der Waals surface area contributed by atoms with Crippen molar-refractivity contribution in [3.8, 4) is 5.75 Å². The molecule has 0 saturated carbocycles. The van der Waals surface area contributed by atoms with Crippen LogP contribution in [0, 0.1) is 0 Å². The van der Waals surface area contributed by atoms with Crippen LogP contribution < -0.4 is 10.5 Å². The third kappa shape index (κ3) is 4.15. The number of esters is 1. The standard InChI is InChI=1S/C22H18ClNO4/c1-27-19-13-18(24)17(23)12-16(19)22(26)28-21(15-10-6-3-7-11-15)20(25)14-8-4-2-5-9-14/h2-13,21H,24H2,1H3. The van der Waals surface area contributed by atoms with Crippen LogP contribution in [0.5, 0.6) is 5.75 Å². The lowest BCUT2D eigenvalue weighted by Crippen LogP contribution is -2.20. The molecule has 142 valence electrons. The van der Waals surface area contributed by atoms with Gasteiger partial charge in [-0.1, -0.05) is 72.3 Å². The summed E-state index contributed by atoms with van der Waals surface area (Å²) in [6.07, 6.45) is -1.11. The predicted molar refractivity (Wildman–Crippen MR) is 108 cm³/mol. The minimum absolute atomic E-state index is 0.0866. The summed E-state index contributed by atoms with van der Waals surface area (Å²) < 4.78 is 10.8. The number of ketones is 1. The number of methoxy groups -OCH3 is 1. The van der Waals surface area contributed by atoms with Gasteiger partial charge in [0.1, 0.15) is 11.3 Å². The Labute approximate surface area is 167 Å². The van der Waals surface area contributed by atoms with E-state index in [1.165, 1.54) is 19.2 Å². The quantitative estimate of drug-likeness (QED) is 0.371. The van der Waals surface area contributed by atoms with E-state index < -0.39 is 12.1 Å². The Balaban J connectivity index is 1.98. The van der Waals surface area contributed by atoms with E-state index in [-0.39, 0.29) is 27.8 Å². The van der Waals surface area contributed by atoms with Crippen LogP contribution in [-0.2, 0) is 4.74 Å². The van der Waals surface area contributed by atoms with E-state index in [9.17, 15) is 9.59 Å². The van der Waals surface area contributed by atoms with Gasteiger partial charge in [0.15, 0.2) is 6.10 Å². The molecule has 6 heteroatoms. The van der Waals surface area contributed by atoms with Crippen LogP contribution in [0.25, 0.3) is 0 Å². The van der Waals surface area contributed by atoms with Gasteiger partial charge in [-0.2, -0.15) is 0 Å². The molecular weight excluding hydrogens is 378 g/mol. The number of nitrogen functional groups attached to an aromatic ring is 1. The average molecular weight is 396 g/mol. The second-order valence-electron chi connectivity index (χ2n) is 6.00. The van der Waals surface area contributed by atoms with Gasteiger partial charge >= 0.3 is 5.97 Å². The van der Waals surface area contributed by atoms with Crippen LogP contribution in [0.15, 0.2) is 72.8 Å². The van der Waals surface area contributed by atoms with Crippen LogP contribution >= 0.6 is 11.6 Å². The fourth-order valence-corrected chi connectivity index (χ4v) is 2.89. The van der Waals surface area contributed by atoms with Crippen LogP contribution in [0.1, 0.15) is 32.4 Å². The van der Waals surface area contributed by atoms with Crippen molar-refractivity contribution in [2.75, 3.05) is 12.8 Å². The number of benzene rings is 3. The van der Waals surface area contributed by atoms with Crippen LogP contribution in [0.2, 0.25) is 5.02 Å². The molecule has 0 aromatic heterocycles. The molecule has 0 fully saturated rings. The number of rotatable bonds is 6. The van der Waals surface area contributed by atoms with Gasteiger partial charge in [-0.25, -0.2) is 4.79 Å². The highest BCUT2D eigenvalue weighted by molar-refractivity contribution is 6.33. The number of carbonyl (C=O) groups excluding carboxylic acids is 2. The third-order valence-electron chi connectivity index (χ3n) is 4.16. The maximum absolute atomic E-state index is 13.0. The molecule has 0 aliphatic heterocycles. The summed E-state index contributed by atoms with van der Waals surface area (Å²) in [6.45, 7) is 0. The van der Waals surface area contributed by atoms with Gasteiger partial charge in [0.2, 0.25) is 5.78 Å². The molecule has 5 nitrogen and oxygen atoms in total. The summed E-state index contributed by atoms with van der Waals surface area (Å²) in [5.41, 5.74) is 7.12. The van der Waals surface area contributed by atoms with Crippen molar-refractivity contribution >= 4 is 29.0 Å². The molecule has 0 aliphatic rings. The lowest BCUT2D eigenvalue weighted by Gasteiger charge is -2.18. The second kappa shape index (κ2) is 8.59. The number of nitrogens with two attached hydrogens (primary N) is 1. The van der Waals surface area contributed by atoms with Crippen LogP contribution in [0.4, 0.5) is 5.69 Å². The van der Waals surface area contributed by atoms with Crippen molar-refractivity contribution in [2.24, 2.45) is 0 Å². The highest BCUT2D eigenvalue weighted by Crippen LogP contribution is 2.31. The Morgan fingerprint density at radius 3 is 2.18 bits per heavy atom. The predicted octanol–water partition coefficient (Wildman–Crippen LogP) is 4.71. The first kappa shape index (κ1) is 19.5. The van der Waals surface area contributed by atoms with Gasteiger partial charge in [-0.15, -0.1) is 0 Å². The fourth-order valence-electron chi connectivity index (χ4n) is 2.72. The maximum atomic E-state index is 13.0. The minimum Gasteiger partial charge on any atom is -0.496 e. The van der Waals surface area contributed by atoms with Crippen molar-refractivity contribution in [3.05, 3.63) is 94.5 Å². The van der Waals surface area contributed by atoms with Gasteiger partial charge in [0.25, 0.3) is 0 Å². The highest BCUT2D eigenvalue weighted by Gasteiger charge is 2.28. The van der Waals surface area contributed by atoms with E-state index in [1.807, 2.05) is 12.1 Å². The van der Waals surface area contributed by atoms with Crippen molar-refractivity contribution in [3.63, 3.8) is 0 Å². The van der Waals surface area contributed by atoms with E-state index in [0.29, 0.717) is 11.1 Å². The summed E-state index contributed by atoms with van der Waals surface area (Å²) in [7, 11) is 1.41. The normalized spacial score (nSPS) is 11.5. The van der Waals surface area contributed by atoms with E-state index >= 15 is 0 Å². The number of Topliss-reactive ketones (excluding diaryl/α,β-unsaturated/α-hetero) is 1. The molecule has 3 rings (SSSR count). The van der Waals surface area contributed by atoms with Crippen molar-refractivity contribution < 1.29 is 19.1 Å². The lowest BCUT2D eigenvalue weighted by molar-refractivity contribution is 0.0277. The third-order valence-corrected chi connectivity index (χ3v) is 4.49. The molecule has 2 N–H and O–H groups in total. The van der Waals surface area contributed by atoms with Crippen LogP contribution in [-0.4, -0.2) is 18.9 Å². The molecule has 0 saturated heterocycles. The van der Waals surface area contributed by atoms with Crippen LogP contribution in [0.3, 0.4) is 0 Å². The summed E-state index contributed by atoms with van der Waals surface area (Å²) >= 11 is 6.04. The second-order valence-corrected chi connectivity index (χ2v) is 6.41. The molecule has 0 heterocycles. The molecule has 3 aromatic carbocycles. The Morgan fingerprint density at radius 2 is 1.57 bits per heavy atom. The number of anilines is 1. The number of halogens is 1. The number of hydrogen-bond acceptors (Lipinski definition) is 5. The molecule has 0 aliphatic carbocycles. The lowest BCUT2D eigenvalue weighted by atomic mass is 9.99. The first-order chi connectivity index (χ1) is 13.5. The Hall–Kier alpha value is -3.31. The molecule has 0 bridgehead atoms. The summed E-state index contributed by atoms with van der Waals surface area (Å²) in [6, 6.07) is 20.3. The molecule has 0 spiro atoms. The first-order valence-corrected chi connectivity index (χ1v) is 8.87. The van der Waals surface area contributed by atoms with Gasteiger partial charge in [0, 0.05) is 17.2 Å². The largest absolute Gasteiger partial charge is 0.496 e. The number of carbonyl (C=O) groups is 2. The zero-order chi connectivity index (χ0) is 20.1. The topological polar surface area (TPSA) is 78.6 Å². The summed E-state index contributed by atoms with van der Waals surface area (Å²) in [5.74, 6) is -0.858. The molecule has 1 atom stereocenters. The van der Waals surface area contributed by atoms with Crippen molar-refractivity contribution in [2.45, 2.75) is 6.10 Å². The first-order valence-electron chi connectivity index (χ1n) is 8.49. The summed E-state index contributed by atoms with van der Waals surface area (Å²) in [5, 5.41) is 0.193. The van der Waals surface area contributed by atoms with E-state index in [1.54, 1.807) is 48.5 Å². The fraction of sp³-hybridized carbons (Fsp3) is 0.0909. The molecule has 0 amide bonds. The monoisotopic (exact) mass is 395 g/mol. The molecule has 3 aromatic rings. The van der Waals surface area contributed by atoms with E-state index in [4.69, 9.17) is 26.8 Å². The Morgan fingerprint density at radius 1 is 0.964 bits per heavy atom. The molecule has 0 radical (unpaired) electrons. The van der Waals surface area contributed by atoms with E-state index in [0.717, 1.165) is 0 Å². The summed E-state index contributed by atoms with van der Waals surface area (Å²) in [4.78, 5) is 25.9.